The third-order valence-corrected chi connectivity index (χ3v) is 5.29. The van der Waals surface area contributed by atoms with Crippen LogP contribution in [0.3, 0.4) is 0 Å². The molecule has 3 atom stereocenters. The van der Waals surface area contributed by atoms with Crippen molar-refractivity contribution in [2.24, 2.45) is 11.8 Å². The van der Waals surface area contributed by atoms with Gasteiger partial charge in [0.2, 0.25) is 0 Å². The van der Waals surface area contributed by atoms with Gasteiger partial charge in [-0.15, -0.1) is 0 Å². The largest absolute Gasteiger partial charge is 0.384 e. The minimum absolute atomic E-state index is 0.211. The number of rotatable bonds is 3. The minimum Gasteiger partial charge on any atom is -0.384 e. The van der Waals surface area contributed by atoms with Gasteiger partial charge in [0.05, 0.1) is 16.7 Å². The zero-order valence-corrected chi connectivity index (χ0v) is 11.9. The molecule has 3 rings (SSSR count). The maximum absolute atomic E-state index is 6.15. The predicted molar refractivity (Wildman–Crippen MR) is 74.5 cm³/mol. The molecule has 1 aromatic carbocycles. The van der Waals surface area contributed by atoms with Gasteiger partial charge in [-0.25, -0.2) is 0 Å². The number of methoxy groups -OCH3 is 1. The van der Waals surface area contributed by atoms with Crippen molar-refractivity contribution >= 4 is 23.2 Å². The third-order valence-electron chi connectivity index (χ3n) is 4.55. The molecule has 1 N–H and O–H groups in total. The molecule has 1 unspecified atom stereocenters. The molecule has 1 heterocycles. The van der Waals surface area contributed by atoms with E-state index in [1.807, 2.05) is 12.1 Å². The highest BCUT2D eigenvalue weighted by Gasteiger charge is 2.65. The van der Waals surface area contributed by atoms with Crippen molar-refractivity contribution in [2.75, 3.05) is 26.8 Å². The molecule has 0 bridgehead atoms. The fraction of sp³-hybridized carbons (Fsp3) is 0.571. The van der Waals surface area contributed by atoms with Gasteiger partial charge in [0, 0.05) is 19.1 Å². The van der Waals surface area contributed by atoms with Crippen LogP contribution in [0, 0.1) is 11.8 Å². The summed E-state index contributed by atoms with van der Waals surface area (Å²) in [5.41, 5.74) is 1.51. The average Bonchev–Trinajstić information content (AvgIpc) is 3.03. The highest BCUT2D eigenvalue weighted by atomic mass is 35.5. The Labute approximate surface area is 118 Å². The normalized spacial score (nSPS) is 34.2. The van der Waals surface area contributed by atoms with Crippen molar-refractivity contribution < 1.29 is 4.74 Å². The lowest BCUT2D eigenvalue weighted by molar-refractivity contribution is 0.176. The second-order valence-corrected chi connectivity index (χ2v) is 6.12. The van der Waals surface area contributed by atoms with Gasteiger partial charge in [0.1, 0.15) is 0 Å². The van der Waals surface area contributed by atoms with E-state index < -0.39 is 0 Å². The lowest BCUT2D eigenvalue weighted by atomic mass is 9.89. The first-order chi connectivity index (χ1) is 8.70. The maximum Gasteiger partial charge on any atom is 0.0595 e. The van der Waals surface area contributed by atoms with Crippen molar-refractivity contribution in [2.45, 2.75) is 11.8 Å². The number of hydrogen-bond donors (Lipinski definition) is 1. The highest BCUT2D eigenvalue weighted by molar-refractivity contribution is 6.42. The molecule has 1 aliphatic carbocycles. The fourth-order valence-electron chi connectivity index (χ4n) is 3.64. The Kier molecular flexibility index (Phi) is 3.31. The molecule has 1 saturated carbocycles. The molecule has 1 saturated heterocycles. The Bertz CT molecular complexity index is 465. The molecular weight excluding hydrogens is 269 g/mol. The van der Waals surface area contributed by atoms with Gasteiger partial charge in [-0.3, -0.25) is 0 Å². The Morgan fingerprint density at radius 2 is 2.22 bits per heavy atom. The SMILES string of the molecule is COC[C@@H]1C2CCNC[C@@]21c1ccc(Cl)c(Cl)c1. The van der Waals surface area contributed by atoms with Crippen molar-refractivity contribution in [3.8, 4) is 0 Å². The smallest absolute Gasteiger partial charge is 0.0595 e. The van der Waals surface area contributed by atoms with Crippen LogP contribution in [-0.4, -0.2) is 26.8 Å². The number of halogens is 2. The Morgan fingerprint density at radius 3 is 2.94 bits per heavy atom. The lowest BCUT2D eigenvalue weighted by Crippen LogP contribution is -2.35. The molecule has 0 spiro atoms. The summed E-state index contributed by atoms with van der Waals surface area (Å²) in [6.45, 7) is 2.95. The zero-order chi connectivity index (χ0) is 12.8. The summed E-state index contributed by atoms with van der Waals surface area (Å²) in [7, 11) is 1.78. The molecule has 1 aliphatic heterocycles. The first-order valence-electron chi connectivity index (χ1n) is 6.35. The van der Waals surface area contributed by atoms with E-state index in [0.717, 1.165) is 25.6 Å². The molecule has 2 nitrogen and oxygen atoms in total. The number of nitrogens with one attached hydrogen (secondary N) is 1. The van der Waals surface area contributed by atoms with E-state index >= 15 is 0 Å². The van der Waals surface area contributed by atoms with Gasteiger partial charge < -0.3 is 10.1 Å². The number of hydrogen-bond acceptors (Lipinski definition) is 2. The number of benzene rings is 1. The second-order valence-electron chi connectivity index (χ2n) is 5.30. The highest BCUT2D eigenvalue weighted by Crippen LogP contribution is 2.62. The van der Waals surface area contributed by atoms with Crippen LogP contribution in [0.4, 0.5) is 0 Å². The van der Waals surface area contributed by atoms with E-state index in [1.54, 1.807) is 7.11 Å². The standard InChI is InChI=1S/C14H17Cl2NO/c1-18-7-11-10-4-5-17-8-14(10,11)9-2-3-12(15)13(16)6-9/h2-3,6,10-11,17H,4-5,7-8H2,1H3/t10?,11-,14-/m1/s1. The summed E-state index contributed by atoms with van der Waals surface area (Å²) in [4.78, 5) is 0. The van der Waals surface area contributed by atoms with Crippen LogP contribution in [0.25, 0.3) is 0 Å². The van der Waals surface area contributed by atoms with E-state index in [0.29, 0.717) is 16.0 Å². The lowest BCUT2D eigenvalue weighted by Gasteiger charge is -2.24. The first kappa shape index (κ1) is 12.7. The van der Waals surface area contributed by atoms with Crippen LogP contribution in [-0.2, 0) is 10.2 Å². The van der Waals surface area contributed by atoms with Crippen molar-refractivity contribution in [3.63, 3.8) is 0 Å². The summed E-state index contributed by atoms with van der Waals surface area (Å²) in [6.07, 6.45) is 1.22. The molecule has 0 radical (unpaired) electrons. The third kappa shape index (κ3) is 1.78. The van der Waals surface area contributed by atoms with E-state index in [-0.39, 0.29) is 5.41 Å². The molecule has 2 fully saturated rings. The van der Waals surface area contributed by atoms with Gasteiger partial charge in [-0.05, 0) is 42.5 Å². The van der Waals surface area contributed by atoms with E-state index in [1.165, 1.54) is 12.0 Å². The number of ether oxygens (including phenoxy) is 1. The Balaban J connectivity index is 1.95. The molecule has 18 heavy (non-hydrogen) atoms. The summed E-state index contributed by atoms with van der Waals surface area (Å²) >= 11 is 12.2. The summed E-state index contributed by atoms with van der Waals surface area (Å²) in [6, 6.07) is 6.05. The molecule has 0 aromatic heterocycles. The van der Waals surface area contributed by atoms with Gasteiger partial charge in [0.25, 0.3) is 0 Å². The minimum atomic E-state index is 0.211. The second kappa shape index (κ2) is 4.68. The summed E-state index contributed by atoms with van der Waals surface area (Å²) in [5.74, 6) is 1.32. The Hall–Kier alpha value is -0.280. The topological polar surface area (TPSA) is 21.3 Å². The molecule has 2 aliphatic rings. The Morgan fingerprint density at radius 1 is 1.39 bits per heavy atom. The predicted octanol–water partition coefficient (Wildman–Crippen LogP) is 3.12. The van der Waals surface area contributed by atoms with Crippen LogP contribution in [0.2, 0.25) is 10.0 Å². The molecular formula is C14H17Cl2NO. The molecule has 4 heteroatoms. The average molecular weight is 286 g/mol. The van der Waals surface area contributed by atoms with E-state index in [4.69, 9.17) is 27.9 Å². The monoisotopic (exact) mass is 285 g/mol. The van der Waals surface area contributed by atoms with Crippen molar-refractivity contribution in [3.05, 3.63) is 33.8 Å². The van der Waals surface area contributed by atoms with Gasteiger partial charge >= 0.3 is 0 Å². The number of piperidine rings is 1. The summed E-state index contributed by atoms with van der Waals surface area (Å²) < 4.78 is 5.37. The van der Waals surface area contributed by atoms with Crippen LogP contribution < -0.4 is 5.32 Å². The van der Waals surface area contributed by atoms with Gasteiger partial charge in [-0.1, -0.05) is 29.3 Å². The molecule has 98 valence electrons. The number of fused-ring (bicyclic) bond motifs is 1. The summed E-state index contributed by atoms with van der Waals surface area (Å²) in [5, 5.41) is 4.78. The van der Waals surface area contributed by atoms with E-state index in [9.17, 15) is 0 Å². The molecule has 1 aromatic rings. The first-order valence-corrected chi connectivity index (χ1v) is 7.11. The van der Waals surface area contributed by atoms with E-state index in [2.05, 4.69) is 11.4 Å². The van der Waals surface area contributed by atoms with Crippen LogP contribution in [0.15, 0.2) is 18.2 Å². The quantitative estimate of drug-likeness (QED) is 0.921. The van der Waals surface area contributed by atoms with Crippen LogP contribution in [0.5, 0.6) is 0 Å². The van der Waals surface area contributed by atoms with Crippen LogP contribution in [0.1, 0.15) is 12.0 Å². The molecule has 0 amide bonds. The zero-order valence-electron chi connectivity index (χ0n) is 10.4. The van der Waals surface area contributed by atoms with Crippen LogP contribution >= 0.6 is 23.2 Å². The van der Waals surface area contributed by atoms with Gasteiger partial charge in [0.15, 0.2) is 0 Å². The van der Waals surface area contributed by atoms with Gasteiger partial charge in [-0.2, -0.15) is 0 Å². The van der Waals surface area contributed by atoms with Crippen molar-refractivity contribution in [1.82, 2.24) is 5.32 Å². The van der Waals surface area contributed by atoms with Crippen molar-refractivity contribution in [1.29, 1.82) is 0 Å². The fourth-order valence-corrected chi connectivity index (χ4v) is 3.94. The maximum atomic E-state index is 6.15.